The lowest BCUT2D eigenvalue weighted by Gasteiger charge is -2.11. The summed E-state index contributed by atoms with van der Waals surface area (Å²) in [5, 5.41) is 2.84. The fourth-order valence-electron chi connectivity index (χ4n) is 2.68. The maximum atomic E-state index is 12.2. The van der Waals surface area contributed by atoms with Gasteiger partial charge in [0.25, 0.3) is 5.91 Å². The predicted molar refractivity (Wildman–Crippen MR) is 98.1 cm³/mol. The first-order chi connectivity index (χ1) is 12.6. The average Bonchev–Trinajstić information content (AvgIpc) is 2.96. The molecule has 1 amide bonds. The van der Waals surface area contributed by atoms with E-state index in [1.54, 1.807) is 31.2 Å². The molecule has 2 aromatic rings. The van der Waals surface area contributed by atoms with E-state index in [0.29, 0.717) is 23.7 Å². The van der Waals surface area contributed by atoms with E-state index in [2.05, 4.69) is 5.32 Å². The van der Waals surface area contributed by atoms with Crippen molar-refractivity contribution < 1.29 is 23.8 Å². The molecule has 3 rings (SSSR count). The third kappa shape index (κ3) is 3.69. The van der Waals surface area contributed by atoms with Crippen molar-refractivity contribution in [3.8, 4) is 11.5 Å². The third-order valence-electron chi connectivity index (χ3n) is 3.86. The van der Waals surface area contributed by atoms with Gasteiger partial charge in [-0.2, -0.15) is 0 Å². The topological polar surface area (TPSA) is 73.9 Å². The van der Waals surface area contributed by atoms with Crippen LogP contribution in [0.5, 0.6) is 11.5 Å². The second-order valence-electron chi connectivity index (χ2n) is 5.56. The molecular formula is C20H19NO5. The molecule has 1 aliphatic heterocycles. The molecule has 0 bridgehead atoms. The first-order valence-electron chi connectivity index (χ1n) is 8.21. The Bertz CT molecular complexity index is 872. The van der Waals surface area contributed by atoms with Gasteiger partial charge in [-0.1, -0.05) is 24.3 Å². The molecule has 26 heavy (non-hydrogen) atoms. The summed E-state index contributed by atoms with van der Waals surface area (Å²) >= 11 is 0. The second-order valence-corrected chi connectivity index (χ2v) is 5.56. The molecule has 134 valence electrons. The van der Waals surface area contributed by atoms with Gasteiger partial charge in [0.2, 0.25) is 0 Å². The molecule has 0 unspecified atom stereocenters. The van der Waals surface area contributed by atoms with Gasteiger partial charge in [-0.15, -0.1) is 0 Å². The van der Waals surface area contributed by atoms with E-state index in [0.717, 1.165) is 16.8 Å². The summed E-state index contributed by atoms with van der Waals surface area (Å²) in [6, 6.07) is 12.8. The van der Waals surface area contributed by atoms with Gasteiger partial charge in [0.05, 0.1) is 13.7 Å². The van der Waals surface area contributed by atoms with Crippen LogP contribution in [-0.2, 0) is 14.3 Å². The van der Waals surface area contributed by atoms with Crippen molar-refractivity contribution in [3.05, 3.63) is 53.6 Å². The van der Waals surface area contributed by atoms with E-state index >= 15 is 0 Å². The summed E-state index contributed by atoms with van der Waals surface area (Å²) in [5.41, 5.74) is 3.03. The minimum absolute atomic E-state index is 0.146. The summed E-state index contributed by atoms with van der Waals surface area (Å²) < 4.78 is 15.6. The van der Waals surface area contributed by atoms with Crippen molar-refractivity contribution in [1.29, 1.82) is 0 Å². The number of hydrogen-bond donors (Lipinski definition) is 1. The molecule has 0 fully saturated rings. The lowest BCUT2D eigenvalue weighted by molar-refractivity contribution is -0.145. The van der Waals surface area contributed by atoms with Gasteiger partial charge in [0.1, 0.15) is 0 Å². The zero-order valence-electron chi connectivity index (χ0n) is 14.6. The molecule has 0 aromatic heterocycles. The van der Waals surface area contributed by atoms with Gasteiger partial charge in [0.15, 0.2) is 18.1 Å². The number of carbonyl (C=O) groups excluding carboxylic acids is 2. The zero-order valence-corrected chi connectivity index (χ0v) is 14.6. The summed E-state index contributed by atoms with van der Waals surface area (Å²) in [6.45, 7) is 1.84. The number of carbonyl (C=O) groups is 2. The van der Waals surface area contributed by atoms with Crippen LogP contribution in [0.1, 0.15) is 18.1 Å². The Hall–Kier alpha value is -3.28. The van der Waals surface area contributed by atoms with E-state index in [-0.39, 0.29) is 12.5 Å². The summed E-state index contributed by atoms with van der Waals surface area (Å²) in [5.74, 6) is 0.308. The molecule has 6 nitrogen and oxygen atoms in total. The van der Waals surface area contributed by atoms with Crippen molar-refractivity contribution in [3.63, 3.8) is 0 Å². The van der Waals surface area contributed by atoms with Crippen LogP contribution in [0, 0.1) is 0 Å². The number of nitrogens with one attached hydrogen (secondary N) is 1. The number of esters is 1. The van der Waals surface area contributed by atoms with Crippen LogP contribution in [-0.4, -0.2) is 32.2 Å². The van der Waals surface area contributed by atoms with E-state index in [1.807, 2.05) is 24.3 Å². The Balaban J connectivity index is 1.84. The minimum Gasteiger partial charge on any atom is -0.493 e. The Morgan fingerprint density at radius 3 is 2.73 bits per heavy atom. The summed E-state index contributed by atoms with van der Waals surface area (Å²) in [6.07, 6.45) is 1.79. The van der Waals surface area contributed by atoms with E-state index in [9.17, 15) is 9.59 Å². The molecule has 0 saturated carbocycles. The highest BCUT2D eigenvalue weighted by Crippen LogP contribution is 2.34. The number of methoxy groups -OCH3 is 1. The quantitative estimate of drug-likeness (QED) is 0.638. The molecule has 2 aromatic carbocycles. The maximum Gasteiger partial charge on any atom is 0.344 e. The molecule has 0 saturated heterocycles. The molecule has 1 heterocycles. The third-order valence-corrected chi connectivity index (χ3v) is 3.86. The first kappa shape index (κ1) is 17.5. The standard InChI is InChI=1S/C20H19NO5/c1-3-25-19(22)12-26-17-9-8-13(11-18(17)24-2)10-15-14-6-4-5-7-16(14)21-20(15)23/h4-11H,3,12H2,1-2H3,(H,21,23)/b15-10-. The van der Waals surface area contributed by atoms with Gasteiger partial charge in [-0.25, -0.2) is 4.79 Å². The van der Waals surface area contributed by atoms with Crippen molar-refractivity contribution in [2.24, 2.45) is 0 Å². The highest BCUT2D eigenvalue weighted by molar-refractivity contribution is 6.34. The normalized spacial score (nSPS) is 13.9. The van der Waals surface area contributed by atoms with Crippen molar-refractivity contribution in [2.45, 2.75) is 6.92 Å². The van der Waals surface area contributed by atoms with Crippen molar-refractivity contribution in [1.82, 2.24) is 0 Å². The average molecular weight is 353 g/mol. The van der Waals surface area contributed by atoms with Crippen LogP contribution in [0.3, 0.4) is 0 Å². The number of anilines is 1. The van der Waals surface area contributed by atoms with E-state index < -0.39 is 5.97 Å². The number of amides is 1. The highest BCUT2D eigenvalue weighted by Gasteiger charge is 2.23. The van der Waals surface area contributed by atoms with Crippen molar-refractivity contribution >= 4 is 29.2 Å². The minimum atomic E-state index is -0.444. The Morgan fingerprint density at radius 1 is 1.15 bits per heavy atom. The Kier molecular flexibility index (Phi) is 5.22. The Labute approximate surface area is 151 Å². The van der Waals surface area contributed by atoms with Gasteiger partial charge < -0.3 is 19.5 Å². The smallest absolute Gasteiger partial charge is 0.344 e. The van der Waals surface area contributed by atoms with Crippen LogP contribution >= 0.6 is 0 Å². The van der Waals surface area contributed by atoms with Crippen LogP contribution in [0.25, 0.3) is 11.6 Å². The fourth-order valence-corrected chi connectivity index (χ4v) is 2.68. The Morgan fingerprint density at radius 2 is 1.96 bits per heavy atom. The fraction of sp³-hybridized carbons (Fsp3) is 0.200. The maximum absolute atomic E-state index is 12.2. The second kappa shape index (κ2) is 7.74. The number of hydrogen-bond acceptors (Lipinski definition) is 5. The SMILES string of the molecule is CCOC(=O)COc1ccc(/C=C2\C(=O)Nc3ccccc32)cc1OC. The first-order valence-corrected chi connectivity index (χ1v) is 8.21. The summed E-state index contributed by atoms with van der Waals surface area (Å²) in [7, 11) is 1.51. The van der Waals surface area contributed by atoms with E-state index in [4.69, 9.17) is 14.2 Å². The number of ether oxygens (including phenoxy) is 3. The number of para-hydroxylation sites is 1. The van der Waals surface area contributed by atoms with Gasteiger partial charge >= 0.3 is 5.97 Å². The lowest BCUT2D eigenvalue weighted by atomic mass is 10.0. The monoisotopic (exact) mass is 353 g/mol. The number of rotatable bonds is 6. The van der Waals surface area contributed by atoms with Crippen LogP contribution in [0.4, 0.5) is 5.69 Å². The van der Waals surface area contributed by atoms with Crippen LogP contribution in [0.2, 0.25) is 0 Å². The number of fused-ring (bicyclic) bond motifs is 1. The largest absolute Gasteiger partial charge is 0.493 e. The van der Waals surface area contributed by atoms with Crippen LogP contribution < -0.4 is 14.8 Å². The van der Waals surface area contributed by atoms with E-state index in [1.165, 1.54) is 7.11 Å². The summed E-state index contributed by atoms with van der Waals surface area (Å²) in [4.78, 5) is 23.6. The molecule has 0 atom stereocenters. The molecule has 0 aliphatic carbocycles. The molecule has 0 radical (unpaired) electrons. The molecule has 1 aliphatic rings. The highest BCUT2D eigenvalue weighted by atomic mass is 16.6. The zero-order chi connectivity index (χ0) is 18.5. The van der Waals surface area contributed by atoms with Gasteiger partial charge in [0, 0.05) is 16.8 Å². The molecular weight excluding hydrogens is 334 g/mol. The molecule has 1 N–H and O–H groups in total. The van der Waals surface area contributed by atoms with Crippen molar-refractivity contribution in [2.75, 3.05) is 25.6 Å². The lowest BCUT2D eigenvalue weighted by Crippen LogP contribution is -2.14. The molecule has 0 spiro atoms. The van der Waals surface area contributed by atoms with Gasteiger partial charge in [-0.05, 0) is 36.8 Å². The predicted octanol–water partition coefficient (Wildman–Crippen LogP) is 3.13. The van der Waals surface area contributed by atoms with Gasteiger partial charge in [-0.3, -0.25) is 4.79 Å². The number of benzene rings is 2. The van der Waals surface area contributed by atoms with Crippen LogP contribution in [0.15, 0.2) is 42.5 Å². The molecule has 6 heteroatoms.